The Labute approximate surface area is 167 Å². The standard InChI is InChI=1S/C20H18Cl2N4O/c1-12-18(20(27)24-9-7-14-4-3-8-23-11-14)19(26-13(2)25-12)15-5-6-16(21)17(22)10-15/h3-6,8,10-11H,7,9H2,1-2H3,(H,24,27). The summed E-state index contributed by atoms with van der Waals surface area (Å²) >= 11 is 12.2. The third-order valence-electron chi connectivity index (χ3n) is 4.04. The van der Waals surface area contributed by atoms with Gasteiger partial charge in [0, 0.05) is 24.5 Å². The Morgan fingerprint density at radius 1 is 1.11 bits per heavy atom. The summed E-state index contributed by atoms with van der Waals surface area (Å²) in [6.45, 7) is 4.07. The molecule has 0 atom stereocenters. The Bertz CT molecular complexity index is 977. The van der Waals surface area contributed by atoms with Crippen molar-refractivity contribution in [2.45, 2.75) is 20.3 Å². The summed E-state index contributed by atoms with van der Waals surface area (Å²) in [6.07, 6.45) is 4.19. The second-order valence-electron chi connectivity index (χ2n) is 6.08. The van der Waals surface area contributed by atoms with E-state index in [2.05, 4.69) is 20.3 Å². The van der Waals surface area contributed by atoms with E-state index in [9.17, 15) is 4.79 Å². The molecule has 1 amide bonds. The number of aryl methyl sites for hydroxylation is 2. The molecule has 0 saturated heterocycles. The van der Waals surface area contributed by atoms with Gasteiger partial charge in [-0.1, -0.05) is 35.3 Å². The first kappa shape index (κ1) is 19.3. The van der Waals surface area contributed by atoms with Gasteiger partial charge in [0.25, 0.3) is 5.91 Å². The van der Waals surface area contributed by atoms with Crippen LogP contribution in [0.1, 0.15) is 27.4 Å². The molecule has 2 aromatic heterocycles. The van der Waals surface area contributed by atoms with E-state index in [1.54, 1.807) is 44.4 Å². The van der Waals surface area contributed by atoms with Gasteiger partial charge in [0.05, 0.1) is 27.0 Å². The number of aromatic nitrogens is 3. The fraction of sp³-hybridized carbons (Fsp3) is 0.200. The normalized spacial score (nSPS) is 10.7. The molecule has 0 aliphatic carbocycles. The van der Waals surface area contributed by atoms with Crippen LogP contribution in [0.2, 0.25) is 10.0 Å². The summed E-state index contributed by atoms with van der Waals surface area (Å²) in [5.74, 6) is 0.359. The molecule has 138 valence electrons. The van der Waals surface area contributed by atoms with Gasteiger partial charge in [-0.05, 0) is 44.0 Å². The van der Waals surface area contributed by atoms with Crippen LogP contribution in [-0.2, 0) is 6.42 Å². The van der Waals surface area contributed by atoms with Crippen molar-refractivity contribution in [3.05, 3.63) is 75.4 Å². The quantitative estimate of drug-likeness (QED) is 0.687. The molecule has 0 bridgehead atoms. The van der Waals surface area contributed by atoms with Crippen molar-refractivity contribution < 1.29 is 4.79 Å². The highest BCUT2D eigenvalue weighted by Crippen LogP contribution is 2.30. The average molecular weight is 401 g/mol. The van der Waals surface area contributed by atoms with Gasteiger partial charge in [-0.2, -0.15) is 0 Å². The van der Waals surface area contributed by atoms with Gasteiger partial charge in [-0.15, -0.1) is 0 Å². The molecule has 0 spiro atoms. The van der Waals surface area contributed by atoms with Crippen molar-refractivity contribution in [3.8, 4) is 11.3 Å². The lowest BCUT2D eigenvalue weighted by molar-refractivity contribution is 0.0953. The summed E-state index contributed by atoms with van der Waals surface area (Å²) < 4.78 is 0. The lowest BCUT2D eigenvalue weighted by Crippen LogP contribution is -2.28. The van der Waals surface area contributed by atoms with E-state index in [0.717, 1.165) is 11.1 Å². The van der Waals surface area contributed by atoms with Gasteiger partial charge in [-0.25, -0.2) is 9.97 Å². The number of nitrogens with zero attached hydrogens (tertiary/aromatic N) is 3. The summed E-state index contributed by atoms with van der Waals surface area (Å²) in [7, 11) is 0. The van der Waals surface area contributed by atoms with Crippen molar-refractivity contribution in [2.24, 2.45) is 0 Å². The Morgan fingerprint density at radius 3 is 2.63 bits per heavy atom. The Hall–Kier alpha value is -2.50. The zero-order valence-corrected chi connectivity index (χ0v) is 16.5. The SMILES string of the molecule is Cc1nc(C)c(C(=O)NCCc2cccnc2)c(-c2ccc(Cl)c(Cl)c2)n1. The van der Waals surface area contributed by atoms with E-state index in [4.69, 9.17) is 23.2 Å². The number of hydrogen-bond donors (Lipinski definition) is 1. The number of benzene rings is 1. The molecule has 0 aliphatic rings. The number of halogens is 2. The second kappa shape index (κ2) is 8.46. The highest BCUT2D eigenvalue weighted by atomic mass is 35.5. The van der Waals surface area contributed by atoms with Gasteiger partial charge in [0.1, 0.15) is 5.82 Å². The summed E-state index contributed by atoms with van der Waals surface area (Å²) in [6, 6.07) is 9.04. The zero-order chi connectivity index (χ0) is 19.4. The van der Waals surface area contributed by atoms with Crippen LogP contribution >= 0.6 is 23.2 Å². The molecular weight excluding hydrogens is 383 g/mol. The predicted molar refractivity (Wildman–Crippen MR) is 107 cm³/mol. The average Bonchev–Trinajstić information content (AvgIpc) is 2.64. The first-order chi connectivity index (χ1) is 13.0. The highest BCUT2D eigenvalue weighted by Gasteiger charge is 2.19. The third kappa shape index (κ3) is 4.62. The number of carbonyl (C=O) groups excluding carboxylic acids is 1. The number of rotatable bonds is 5. The molecule has 3 aromatic rings. The number of nitrogens with one attached hydrogen (secondary N) is 1. The van der Waals surface area contributed by atoms with Crippen LogP contribution in [0.15, 0.2) is 42.7 Å². The van der Waals surface area contributed by atoms with Crippen LogP contribution in [0.5, 0.6) is 0 Å². The lowest BCUT2D eigenvalue weighted by atomic mass is 10.0. The minimum Gasteiger partial charge on any atom is -0.352 e. The molecule has 0 saturated carbocycles. The van der Waals surface area contributed by atoms with E-state index in [0.29, 0.717) is 45.8 Å². The molecule has 1 N–H and O–H groups in total. The molecule has 27 heavy (non-hydrogen) atoms. The zero-order valence-electron chi connectivity index (χ0n) is 15.0. The van der Waals surface area contributed by atoms with Crippen LogP contribution < -0.4 is 5.32 Å². The van der Waals surface area contributed by atoms with Crippen LogP contribution in [0.4, 0.5) is 0 Å². The van der Waals surface area contributed by atoms with Crippen LogP contribution in [0.25, 0.3) is 11.3 Å². The molecule has 5 nitrogen and oxygen atoms in total. The molecule has 2 heterocycles. The topological polar surface area (TPSA) is 67.8 Å². The van der Waals surface area contributed by atoms with Gasteiger partial charge < -0.3 is 5.32 Å². The van der Waals surface area contributed by atoms with Crippen molar-refractivity contribution in [3.63, 3.8) is 0 Å². The summed E-state index contributed by atoms with van der Waals surface area (Å²) in [4.78, 5) is 25.7. The molecule has 1 aromatic carbocycles. The monoisotopic (exact) mass is 400 g/mol. The molecular formula is C20H18Cl2N4O. The predicted octanol–water partition coefficient (Wildman–Crippen LogP) is 4.43. The number of pyridine rings is 1. The van der Waals surface area contributed by atoms with Gasteiger partial charge in [0.15, 0.2) is 0 Å². The maximum Gasteiger partial charge on any atom is 0.255 e. The fourth-order valence-corrected chi connectivity index (χ4v) is 3.09. The minimum atomic E-state index is -0.225. The maximum atomic E-state index is 12.8. The minimum absolute atomic E-state index is 0.225. The third-order valence-corrected chi connectivity index (χ3v) is 4.78. The van der Waals surface area contributed by atoms with Gasteiger partial charge >= 0.3 is 0 Å². The van der Waals surface area contributed by atoms with Crippen LogP contribution in [0.3, 0.4) is 0 Å². The summed E-state index contributed by atoms with van der Waals surface area (Å²) in [5, 5.41) is 3.80. The first-order valence-electron chi connectivity index (χ1n) is 8.43. The molecule has 0 radical (unpaired) electrons. The van der Waals surface area contributed by atoms with Gasteiger partial charge in [-0.3, -0.25) is 9.78 Å². The number of hydrogen-bond acceptors (Lipinski definition) is 4. The van der Waals surface area contributed by atoms with E-state index in [-0.39, 0.29) is 5.91 Å². The van der Waals surface area contributed by atoms with Crippen LogP contribution in [-0.4, -0.2) is 27.4 Å². The Kier molecular flexibility index (Phi) is 6.04. The van der Waals surface area contributed by atoms with E-state index in [1.165, 1.54) is 0 Å². The largest absolute Gasteiger partial charge is 0.352 e. The molecule has 0 aliphatic heterocycles. The van der Waals surface area contributed by atoms with Crippen molar-refractivity contribution >= 4 is 29.1 Å². The first-order valence-corrected chi connectivity index (χ1v) is 9.19. The lowest BCUT2D eigenvalue weighted by Gasteiger charge is -2.13. The van der Waals surface area contributed by atoms with Gasteiger partial charge in [0.2, 0.25) is 0 Å². The van der Waals surface area contributed by atoms with Crippen molar-refractivity contribution in [1.29, 1.82) is 0 Å². The van der Waals surface area contributed by atoms with E-state index < -0.39 is 0 Å². The molecule has 0 fully saturated rings. The summed E-state index contributed by atoms with van der Waals surface area (Å²) in [5.41, 5.74) is 3.36. The van der Waals surface area contributed by atoms with E-state index in [1.807, 2.05) is 12.1 Å². The van der Waals surface area contributed by atoms with Crippen molar-refractivity contribution in [1.82, 2.24) is 20.3 Å². The molecule has 3 rings (SSSR count). The smallest absolute Gasteiger partial charge is 0.255 e. The maximum absolute atomic E-state index is 12.8. The Balaban J connectivity index is 1.87. The van der Waals surface area contributed by atoms with E-state index >= 15 is 0 Å². The van der Waals surface area contributed by atoms with Crippen LogP contribution in [0, 0.1) is 13.8 Å². The molecule has 0 unspecified atom stereocenters. The fourth-order valence-electron chi connectivity index (χ4n) is 2.79. The second-order valence-corrected chi connectivity index (χ2v) is 6.89. The Morgan fingerprint density at radius 2 is 1.93 bits per heavy atom. The van der Waals surface area contributed by atoms with Crippen molar-refractivity contribution in [2.75, 3.05) is 6.54 Å². The number of carbonyl (C=O) groups is 1. The highest BCUT2D eigenvalue weighted by molar-refractivity contribution is 6.42. The number of amides is 1. The molecule has 7 heteroatoms.